The van der Waals surface area contributed by atoms with E-state index in [1.807, 2.05) is 49.8 Å². The van der Waals surface area contributed by atoms with E-state index >= 15 is 0 Å². The molecule has 8 heteroatoms. The van der Waals surface area contributed by atoms with Gasteiger partial charge in [0.15, 0.2) is 0 Å². The van der Waals surface area contributed by atoms with Crippen LogP contribution in [-0.4, -0.2) is 31.6 Å². The Morgan fingerprint density at radius 3 is 2.83 bits per heavy atom. The molecule has 5 aromatic rings. The smallest absolute Gasteiger partial charge is 0.150 e. The SMILES string of the molecule is CNc1ccc2ccc(OCc3cncc(-n4cc(C(C)C5CC5)c5c(N)ncnc54)c3)cc2n1. The lowest BCUT2D eigenvalue weighted by Crippen LogP contribution is -2.01. The molecule has 1 aliphatic rings. The molecule has 1 aromatic carbocycles. The molecule has 4 aromatic heterocycles. The summed E-state index contributed by atoms with van der Waals surface area (Å²) in [6.45, 7) is 2.66. The molecule has 1 aliphatic carbocycles. The number of nitrogens with one attached hydrogen (secondary N) is 1. The molecular weight excluding hydrogens is 438 g/mol. The van der Waals surface area contributed by atoms with Crippen molar-refractivity contribution in [1.29, 1.82) is 0 Å². The lowest BCUT2D eigenvalue weighted by molar-refractivity contribution is 0.306. The minimum atomic E-state index is 0.389. The van der Waals surface area contributed by atoms with E-state index in [1.165, 1.54) is 24.7 Å². The fourth-order valence-electron chi connectivity index (χ4n) is 4.68. The van der Waals surface area contributed by atoms with Crippen molar-refractivity contribution < 1.29 is 4.74 Å². The summed E-state index contributed by atoms with van der Waals surface area (Å²) < 4.78 is 8.17. The van der Waals surface area contributed by atoms with Crippen molar-refractivity contribution in [2.45, 2.75) is 32.3 Å². The van der Waals surface area contributed by atoms with E-state index in [9.17, 15) is 0 Å². The molecule has 0 amide bonds. The Morgan fingerprint density at radius 1 is 1.14 bits per heavy atom. The molecule has 35 heavy (non-hydrogen) atoms. The second-order valence-electron chi connectivity index (χ2n) is 9.18. The quantitative estimate of drug-likeness (QED) is 0.345. The van der Waals surface area contributed by atoms with Crippen LogP contribution in [0.2, 0.25) is 0 Å². The lowest BCUT2D eigenvalue weighted by atomic mass is 9.97. The highest BCUT2D eigenvalue weighted by molar-refractivity contribution is 5.91. The average Bonchev–Trinajstić information content (AvgIpc) is 3.67. The summed E-state index contributed by atoms with van der Waals surface area (Å²) in [6, 6.07) is 12.0. The molecule has 0 aliphatic heterocycles. The number of fused-ring (bicyclic) bond motifs is 2. The van der Waals surface area contributed by atoms with Crippen LogP contribution in [0.3, 0.4) is 0 Å². The number of aromatic nitrogens is 5. The number of nitrogens with two attached hydrogens (primary N) is 1. The highest BCUT2D eigenvalue weighted by atomic mass is 16.5. The van der Waals surface area contributed by atoms with Gasteiger partial charge in [-0.25, -0.2) is 15.0 Å². The molecule has 176 valence electrons. The second kappa shape index (κ2) is 8.54. The fourth-order valence-corrected chi connectivity index (χ4v) is 4.68. The van der Waals surface area contributed by atoms with Crippen LogP contribution >= 0.6 is 0 Å². The number of hydrogen-bond donors (Lipinski definition) is 2. The number of benzene rings is 1. The maximum atomic E-state index is 6.30. The van der Waals surface area contributed by atoms with Gasteiger partial charge in [-0.15, -0.1) is 0 Å². The minimum Gasteiger partial charge on any atom is -0.489 e. The van der Waals surface area contributed by atoms with E-state index in [-0.39, 0.29) is 0 Å². The van der Waals surface area contributed by atoms with E-state index in [0.717, 1.165) is 44.8 Å². The predicted molar refractivity (Wildman–Crippen MR) is 138 cm³/mol. The third-order valence-electron chi connectivity index (χ3n) is 6.85. The second-order valence-corrected chi connectivity index (χ2v) is 9.18. The summed E-state index contributed by atoms with van der Waals surface area (Å²) in [6.07, 6.45) is 9.85. The molecule has 6 rings (SSSR count). The third-order valence-corrected chi connectivity index (χ3v) is 6.85. The summed E-state index contributed by atoms with van der Waals surface area (Å²) in [5, 5.41) is 5.08. The van der Waals surface area contributed by atoms with E-state index in [4.69, 9.17) is 10.5 Å². The van der Waals surface area contributed by atoms with Crippen LogP contribution in [0, 0.1) is 5.92 Å². The Bertz CT molecular complexity index is 1540. The number of anilines is 2. The molecule has 1 atom stereocenters. The zero-order valence-electron chi connectivity index (χ0n) is 19.8. The van der Waals surface area contributed by atoms with Gasteiger partial charge in [0, 0.05) is 36.5 Å². The first-order chi connectivity index (χ1) is 17.1. The van der Waals surface area contributed by atoms with Gasteiger partial charge < -0.3 is 15.8 Å². The first-order valence-electron chi connectivity index (χ1n) is 11.9. The Kier molecular flexibility index (Phi) is 5.21. The highest BCUT2D eigenvalue weighted by Crippen LogP contribution is 2.45. The first kappa shape index (κ1) is 21.3. The number of nitrogens with zero attached hydrogens (tertiary/aromatic N) is 5. The van der Waals surface area contributed by atoms with Gasteiger partial charge in [0.25, 0.3) is 0 Å². The number of ether oxygens (including phenoxy) is 1. The Labute approximate surface area is 203 Å². The maximum Gasteiger partial charge on any atom is 0.150 e. The van der Waals surface area contributed by atoms with E-state index in [2.05, 4.69) is 49.0 Å². The molecule has 4 heterocycles. The van der Waals surface area contributed by atoms with Gasteiger partial charge in [0.05, 0.1) is 22.8 Å². The highest BCUT2D eigenvalue weighted by Gasteiger charge is 2.32. The van der Waals surface area contributed by atoms with Crippen LogP contribution < -0.4 is 15.8 Å². The van der Waals surface area contributed by atoms with Gasteiger partial charge in [-0.3, -0.25) is 9.55 Å². The molecule has 0 radical (unpaired) electrons. The van der Waals surface area contributed by atoms with Gasteiger partial charge in [0.2, 0.25) is 0 Å². The zero-order chi connectivity index (χ0) is 23.9. The molecule has 1 saturated carbocycles. The van der Waals surface area contributed by atoms with Gasteiger partial charge in [-0.1, -0.05) is 6.92 Å². The predicted octanol–water partition coefficient (Wildman–Crippen LogP) is 5.08. The van der Waals surface area contributed by atoms with Crippen molar-refractivity contribution in [3.8, 4) is 11.4 Å². The summed E-state index contributed by atoms with van der Waals surface area (Å²) in [5.41, 5.74) is 11.1. The first-order valence-corrected chi connectivity index (χ1v) is 11.9. The van der Waals surface area contributed by atoms with Crippen LogP contribution in [0.1, 0.15) is 36.8 Å². The lowest BCUT2D eigenvalue weighted by Gasteiger charge is -2.10. The molecular formula is C27H27N7O. The summed E-state index contributed by atoms with van der Waals surface area (Å²) >= 11 is 0. The maximum absolute atomic E-state index is 6.30. The molecule has 0 bridgehead atoms. The monoisotopic (exact) mass is 465 g/mol. The van der Waals surface area contributed by atoms with E-state index in [1.54, 1.807) is 0 Å². The van der Waals surface area contributed by atoms with E-state index in [0.29, 0.717) is 24.3 Å². The van der Waals surface area contributed by atoms with Crippen molar-refractivity contribution in [3.63, 3.8) is 0 Å². The number of hydrogen-bond acceptors (Lipinski definition) is 7. The van der Waals surface area contributed by atoms with Crippen LogP contribution in [0.15, 0.2) is 61.3 Å². The molecule has 1 fully saturated rings. The zero-order valence-corrected chi connectivity index (χ0v) is 19.8. The Morgan fingerprint density at radius 2 is 2.00 bits per heavy atom. The Balaban J connectivity index is 1.30. The summed E-state index contributed by atoms with van der Waals surface area (Å²) in [7, 11) is 1.86. The van der Waals surface area contributed by atoms with E-state index < -0.39 is 0 Å². The third kappa shape index (κ3) is 4.01. The van der Waals surface area contributed by atoms with Crippen LogP contribution in [0.25, 0.3) is 27.6 Å². The Hall–Kier alpha value is -4.20. The number of pyridine rings is 2. The van der Waals surface area contributed by atoms with Gasteiger partial charge in [-0.2, -0.15) is 0 Å². The van der Waals surface area contributed by atoms with Crippen molar-refractivity contribution in [1.82, 2.24) is 24.5 Å². The topological polar surface area (TPSA) is 104 Å². The standard InChI is InChI=1S/C27H27N7O/c1-16(18-3-4-18)22-13-34(27-25(22)26(28)31-15-32-27)20-9-17(11-30-12-20)14-35-21-7-5-19-6-8-24(29-2)33-23(19)10-21/h5-13,15-16,18H,3-4,14H2,1-2H3,(H,29,33)(H2,28,31,32). The molecule has 1 unspecified atom stereocenters. The van der Waals surface area contributed by atoms with Crippen LogP contribution in [-0.2, 0) is 6.61 Å². The minimum absolute atomic E-state index is 0.389. The fraction of sp³-hybridized carbons (Fsp3) is 0.259. The molecule has 0 saturated heterocycles. The van der Waals surface area contributed by atoms with Crippen LogP contribution in [0.4, 0.5) is 11.6 Å². The summed E-state index contributed by atoms with van der Waals surface area (Å²) in [5.74, 6) is 3.22. The molecule has 0 spiro atoms. The van der Waals surface area contributed by atoms with Gasteiger partial charge in [0.1, 0.15) is 36.0 Å². The van der Waals surface area contributed by atoms with Crippen LogP contribution in [0.5, 0.6) is 5.75 Å². The van der Waals surface area contributed by atoms with Crippen molar-refractivity contribution >= 4 is 33.6 Å². The number of rotatable bonds is 7. The van der Waals surface area contributed by atoms with Gasteiger partial charge in [-0.05, 0) is 60.6 Å². The van der Waals surface area contributed by atoms with Crippen molar-refractivity contribution in [2.75, 3.05) is 18.1 Å². The molecule has 3 N–H and O–H groups in total. The molecule has 8 nitrogen and oxygen atoms in total. The van der Waals surface area contributed by atoms with Crippen molar-refractivity contribution in [2.24, 2.45) is 5.92 Å². The largest absolute Gasteiger partial charge is 0.489 e. The van der Waals surface area contributed by atoms with Gasteiger partial charge >= 0.3 is 0 Å². The average molecular weight is 466 g/mol. The van der Waals surface area contributed by atoms with Crippen molar-refractivity contribution in [3.05, 3.63) is 72.4 Å². The number of nitrogen functional groups attached to an aromatic ring is 1. The summed E-state index contributed by atoms with van der Waals surface area (Å²) in [4.78, 5) is 17.9. The normalized spacial score (nSPS) is 14.3.